The molecule has 0 saturated heterocycles. The molecule has 0 radical (unpaired) electrons. The van der Waals surface area contributed by atoms with Crippen LogP contribution in [0.5, 0.6) is 0 Å². The van der Waals surface area contributed by atoms with E-state index in [1.807, 2.05) is 0 Å². The Hall–Kier alpha value is -1.12. The largest absolute Gasteiger partial charge is 0.463 e. The molecule has 1 rings (SSSR count). The van der Waals surface area contributed by atoms with Gasteiger partial charge in [0.25, 0.3) is 0 Å². The van der Waals surface area contributed by atoms with Crippen molar-refractivity contribution in [1.82, 2.24) is 0 Å². The van der Waals surface area contributed by atoms with Gasteiger partial charge in [0.15, 0.2) is 5.78 Å². The van der Waals surface area contributed by atoms with Crippen LogP contribution in [0.4, 0.5) is 0 Å². The Labute approximate surface area is 96.9 Å². The van der Waals surface area contributed by atoms with Gasteiger partial charge in [-0.15, -0.1) is 0 Å². The number of ether oxygens (including phenoxy) is 1. The molecule has 0 spiro atoms. The van der Waals surface area contributed by atoms with Gasteiger partial charge in [0.05, 0.1) is 6.61 Å². The van der Waals surface area contributed by atoms with Crippen LogP contribution >= 0.6 is 0 Å². The maximum atomic E-state index is 11.3. The number of cyclic esters (lactones) is 1. The Morgan fingerprint density at radius 3 is 2.19 bits per heavy atom. The lowest BCUT2D eigenvalue weighted by molar-refractivity contribution is -0.138. The second-order valence-electron chi connectivity index (χ2n) is 4.19. The highest BCUT2D eigenvalue weighted by Gasteiger charge is 2.02. The third-order valence-electron chi connectivity index (χ3n) is 2.72. The maximum Gasteiger partial charge on any atom is 0.330 e. The molecule has 0 aromatic carbocycles. The van der Waals surface area contributed by atoms with Crippen molar-refractivity contribution < 1.29 is 14.3 Å². The summed E-state index contributed by atoms with van der Waals surface area (Å²) in [5.74, 6) is -0.376. The zero-order valence-electron chi connectivity index (χ0n) is 9.74. The van der Waals surface area contributed by atoms with E-state index in [-0.39, 0.29) is 5.78 Å². The Kier molecular flexibility index (Phi) is 6.54. The molecule has 1 aliphatic heterocycles. The SMILES string of the molecule is O=C1/C=C/C(=O)OCCCCCCCCC1. The number of esters is 1. The van der Waals surface area contributed by atoms with Gasteiger partial charge in [-0.25, -0.2) is 4.79 Å². The van der Waals surface area contributed by atoms with Crippen molar-refractivity contribution in [2.24, 2.45) is 0 Å². The Morgan fingerprint density at radius 1 is 0.812 bits per heavy atom. The fraction of sp³-hybridized carbons (Fsp3) is 0.692. The van der Waals surface area contributed by atoms with Crippen LogP contribution in [0.3, 0.4) is 0 Å². The van der Waals surface area contributed by atoms with Gasteiger partial charge < -0.3 is 4.74 Å². The molecule has 1 aliphatic rings. The van der Waals surface area contributed by atoms with Crippen LogP contribution in [0.2, 0.25) is 0 Å². The van der Waals surface area contributed by atoms with E-state index in [9.17, 15) is 9.59 Å². The van der Waals surface area contributed by atoms with Gasteiger partial charge in [-0.3, -0.25) is 4.79 Å². The van der Waals surface area contributed by atoms with Crippen LogP contribution in [0.25, 0.3) is 0 Å². The van der Waals surface area contributed by atoms with Crippen molar-refractivity contribution in [3.63, 3.8) is 0 Å². The van der Waals surface area contributed by atoms with Gasteiger partial charge in [-0.1, -0.05) is 32.1 Å². The summed E-state index contributed by atoms with van der Waals surface area (Å²) in [7, 11) is 0. The van der Waals surface area contributed by atoms with Crippen LogP contribution in [-0.2, 0) is 14.3 Å². The number of allylic oxidation sites excluding steroid dienone is 1. The number of carbonyl (C=O) groups is 2. The molecule has 3 nitrogen and oxygen atoms in total. The van der Waals surface area contributed by atoms with Crippen LogP contribution in [0.1, 0.15) is 51.4 Å². The number of hydrogen-bond acceptors (Lipinski definition) is 3. The van der Waals surface area contributed by atoms with E-state index >= 15 is 0 Å². The lowest BCUT2D eigenvalue weighted by atomic mass is 10.1. The Balaban J connectivity index is 2.37. The van der Waals surface area contributed by atoms with E-state index in [2.05, 4.69) is 0 Å². The van der Waals surface area contributed by atoms with Crippen molar-refractivity contribution >= 4 is 11.8 Å². The van der Waals surface area contributed by atoms with Crippen molar-refractivity contribution in [3.8, 4) is 0 Å². The maximum absolute atomic E-state index is 11.3. The van der Waals surface area contributed by atoms with Crippen LogP contribution < -0.4 is 0 Å². The van der Waals surface area contributed by atoms with Gasteiger partial charge in [0.1, 0.15) is 0 Å². The molecule has 0 atom stereocenters. The molecule has 0 aromatic heterocycles. The number of hydrogen-bond donors (Lipinski definition) is 0. The molecule has 0 aromatic rings. The fourth-order valence-corrected chi connectivity index (χ4v) is 1.75. The van der Waals surface area contributed by atoms with E-state index in [0.29, 0.717) is 13.0 Å². The molecule has 0 amide bonds. The number of rotatable bonds is 0. The summed E-state index contributed by atoms with van der Waals surface area (Å²) in [6, 6.07) is 0. The molecule has 0 unspecified atom stereocenters. The lowest BCUT2D eigenvalue weighted by Crippen LogP contribution is -2.04. The van der Waals surface area contributed by atoms with Gasteiger partial charge in [0, 0.05) is 12.5 Å². The molecule has 0 bridgehead atoms. The van der Waals surface area contributed by atoms with Gasteiger partial charge >= 0.3 is 5.97 Å². The van der Waals surface area contributed by atoms with Gasteiger partial charge in [-0.2, -0.15) is 0 Å². The minimum Gasteiger partial charge on any atom is -0.463 e. The third kappa shape index (κ3) is 6.38. The molecule has 0 saturated carbocycles. The summed E-state index contributed by atoms with van der Waals surface area (Å²) >= 11 is 0. The molecule has 90 valence electrons. The van der Waals surface area contributed by atoms with Crippen molar-refractivity contribution in [1.29, 1.82) is 0 Å². The summed E-state index contributed by atoms with van der Waals surface area (Å²) in [5, 5.41) is 0. The van der Waals surface area contributed by atoms with Crippen LogP contribution in [0.15, 0.2) is 12.2 Å². The second kappa shape index (κ2) is 8.08. The smallest absolute Gasteiger partial charge is 0.330 e. The third-order valence-corrected chi connectivity index (χ3v) is 2.72. The number of ketones is 1. The predicted molar refractivity (Wildman–Crippen MR) is 62.0 cm³/mol. The molecule has 16 heavy (non-hydrogen) atoms. The summed E-state index contributed by atoms with van der Waals surface area (Å²) in [4.78, 5) is 22.4. The fourth-order valence-electron chi connectivity index (χ4n) is 1.75. The first kappa shape index (κ1) is 12.9. The van der Waals surface area contributed by atoms with E-state index in [0.717, 1.165) is 25.7 Å². The van der Waals surface area contributed by atoms with Gasteiger partial charge in [-0.05, 0) is 18.9 Å². The van der Waals surface area contributed by atoms with Crippen molar-refractivity contribution in [3.05, 3.63) is 12.2 Å². The molecule has 0 aliphatic carbocycles. The Bertz CT molecular complexity index is 230. The monoisotopic (exact) mass is 224 g/mol. The normalized spacial score (nSPS) is 23.2. The summed E-state index contributed by atoms with van der Waals surface area (Å²) < 4.78 is 4.96. The number of carbonyl (C=O) groups excluding carboxylic acids is 2. The van der Waals surface area contributed by atoms with E-state index in [4.69, 9.17) is 4.74 Å². The quantitative estimate of drug-likeness (QED) is 0.594. The molecule has 3 heteroatoms. The van der Waals surface area contributed by atoms with Crippen LogP contribution in [-0.4, -0.2) is 18.4 Å². The average molecular weight is 224 g/mol. The first-order valence-electron chi connectivity index (χ1n) is 6.17. The molecule has 0 fully saturated rings. The molecule has 0 N–H and O–H groups in total. The molecular formula is C13H20O3. The zero-order chi connectivity index (χ0) is 11.6. The average Bonchev–Trinajstić information content (AvgIpc) is 2.28. The first-order chi connectivity index (χ1) is 7.79. The highest BCUT2D eigenvalue weighted by Crippen LogP contribution is 2.09. The zero-order valence-corrected chi connectivity index (χ0v) is 9.74. The second-order valence-corrected chi connectivity index (χ2v) is 4.19. The predicted octanol–water partition coefficient (Wildman–Crippen LogP) is 2.79. The topological polar surface area (TPSA) is 43.4 Å². The molecular weight excluding hydrogens is 204 g/mol. The van der Waals surface area contributed by atoms with Gasteiger partial charge in [0.2, 0.25) is 0 Å². The van der Waals surface area contributed by atoms with E-state index in [1.54, 1.807) is 0 Å². The molecule has 1 heterocycles. The highest BCUT2D eigenvalue weighted by molar-refractivity contribution is 5.95. The lowest BCUT2D eigenvalue weighted by Gasteiger charge is -2.04. The Morgan fingerprint density at radius 2 is 1.44 bits per heavy atom. The standard InChI is InChI=1S/C13H20O3/c14-12-8-6-4-2-1-3-5-7-11-16-13(15)10-9-12/h9-10H,1-8,11H2/b10-9+. The minimum absolute atomic E-state index is 0.0222. The highest BCUT2D eigenvalue weighted by atomic mass is 16.5. The van der Waals surface area contributed by atoms with Crippen molar-refractivity contribution in [2.75, 3.05) is 6.61 Å². The van der Waals surface area contributed by atoms with Crippen LogP contribution in [0, 0.1) is 0 Å². The minimum atomic E-state index is -0.398. The van der Waals surface area contributed by atoms with E-state index < -0.39 is 5.97 Å². The summed E-state index contributed by atoms with van der Waals surface area (Å²) in [6.07, 6.45) is 10.8. The summed E-state index contributed by atoms with van der Waals surface area (Å²) in [6.45, 7) is 0.470. The first-order valence-corrected chi connectivity index (χ1v) is 6.17. The van der Waals surface area contributed by atoms with E-state index in [1.165, 1.54) is 31.4 Å². The van der Waals surface area contributed by atoms with Crippen molar-refractivity contribution in [2.45, 2.75) is 51.4 Å². The summed E-state index contributed by atoms with van der Waals surface area (Å²) in [5.41, 5.74) is 0.